The third kappa shape index (κ3) is 6.37. The summed E-state index contributed by atoms with van der Waals surface area (Å²) in [6, 6.07) is 10.0. The summed E-state index contributed by atoms with van der Waals surface area (Å²) in [5.74, 6) is -0.413. The zero-order valence-electron chi connectivity index (χ0n) is 21.8. The molecule has 212 valence electrons. The number of rotatable bonds is 6. The molecule has 1 aliphatic heterocycles. The lowest BCUT2D eigenvalue weighted by molar-refractivity contribution is -0.136. The second kappa shape index (κ2) is 10.7. The molecule has 1 saturated heterocycles. The van der Waals surface area contributed by atoms with Crippen LogP contribution in [0.15, 0.2) is 65.4 Å². The molecule has 0 radical (unpaired) electrons. The van der Waals surface area contributed by atoms with Crippen molar-refractivity contribution in [1.82, 2.24) is 20.2 Å². The van der Waals surface area contributed by atoms with Gasteiger partial charge in [-0.1, -0.05) is 0 Å². The maximum atomic E-state index is 14.1. The fourth-order valence-electron chi connectivity index (χ4n) is 4.54. The molecule has 0 saturated carbocycles. The Labute approximate surface area is 231 Å². The molecule has 0 spiro atoms. The third-order valence-corrected chi connectivity index (χ3v) is 6.66. The Hall–Kier alpha value is -4.74. The minimum Gasteiger partial charge on any atom is -0.459 e. The molecule has 0 aliphatic carbocycles. The van der Waals surface area contributed by atoms with Crippen LogP contribution in [0.2, 0.25) is 0 Å². The molecule has 4 aromatic rings. The first-order valence-electron chi connectivity index (χ1n) is 12.6. The number of nitrogens with one attached hydrogen (secondary N) is 1. The number of hydrogen-bond donors (Lipinski definition) is 2. The molecule has 4 heterocycles. The Kier molecular flexibility index (Phi) is 7.24. The van der Waals surface area contributed by atoms with Crippen LogP contribution in [0.25, 0.3) is 28.3 Å². The van der Waals surface area contributed by atoms with Crippen LogP contribution in [-0.4, -0.2) is 45.4 Å². The monoisotopic (exact) mass is 567 g/mol. The van der Waals surface area contributed by atoms with Crippen molar-refractivity contribution in [2.24, 2.45) is 0 Å². The average molecular weight is 568 g/mol. The van der Waals surface area contributed by atoms with Crippen LogP contribution in [-0.2, 0) is 17.5 Å². The molecular formula is C29H25F4N5O3. The fraction of sp³-hybridized carbons (Fsp3) is 0.241. The summed E-state index contributed by atoms with van der Waals surface area (Å²) in [4.78, 5) is 34.4. The zero-order chi connectivity index (χ0) is 29.4. The Morgan fingerprint density at radius 1 is 1.15 bits per heavy atom. The summed E-state index contributed by atoms with van der Waals surface area (Å²) in [6.07, 6.45) is 1.04. The van der Waals surface area contributed by atoms with E-state index in [0.717, 1.165) is 6.07 Å². The number of nitrogen functional groups attached to an aromatic ring is 1. The van der Waals surface area contributed by atoms with Gasteiger partial charge in [-0.3, -0.25) is 14.6 Å². The number of fused-ring (bicyclic) bond motifs is 1. The number of likely N-dealkylation sites (tertiary alicyclic amines) is 1. The SMILES string of the molecule is C[C@@]1(F)CCN(C(=O)c2ccc(-c3cc(C(F)(F)F)c4oc(CNC(=O)/C=C/c5ccc(N)nc5)cc4c3)nc2)C1. The number of alkyl halides is 4. The molecule has 0 unspecified atom stereocenters. The average Bonchev–Trinajstić information content (AvgIpc) is 3.52. The van der Waals surface area contributed by atoms with Gasteiger partial charge in [-0.25, -0.2) is 9.37 Å². The Balaban J connectivity index is 1.34. The second-order valence-corrected chi connectivity index (χ2v) is 10.0. The summed E-state index contributed by atoms with van der Waals surface area (Å²) < 4.78 is 61.6. The number of carbonyl (C=O) groups excluding carboxylic acids is 2. The van der Waals surface area contributed by atoms with Crippen molar-refractivity contribution in [3.63, 3.8) is 0 Å². The van der Waals surface area contributed by atoms with Gasteiger partial charge in [-0.15, -0.1) is 0 Å². The lowest BCUT2D eigenvalue weighted by Crippen LogP contribution is -2.31. The summed E-state index contributed by atoms with van der Waals surface area (Å²) in [6.45, 7) is 1.54. The number of hydrogen-bond acceptors (Lipinski definition) is 6. The summed E-state index contributed by atoms with van der Waals surface area (Å²) in [5, 5.41) is 2.74. The Morgan fingerprint density at radius 3 is 2.59 bits per heavy atom. The van der Waals surface area contributed by atoms with E-state index in [2.05, 4.69) is 15.3 Å². The summed E-state index contributed by atoms with van der Waals surface area (Å²) in [7, 11) is 0. The minimum atomic E-state index is -4.73. The van der Waals surface area contributed by atoms with Crippen molar-refractivity contribution >= 4 is 34.7 Å². The van der Waals surface area contributed by atoms with Crippen LogP contribution >= 0.6 is 0 Å². The molecule has 1 aromatic carbocycles. The summed E-state index contributed by atoms with van der Waals surface area (Å²) >= 11 is 0. The smallest absolute Gasteiger partial charge is 0.420 e. The van der Waals surface area contributed by atoms with E-state index >= 15 is 0 Å². The van der Waals surface area contributed by atoms with Crippen LogP contribution in [0.3, 0.4) is 0 Å². The molecule has 2 amide bonds. The largest absolute Gasteiger partial charge is 0.459 e. The van der Waals surface area contributed by atoms with Gasteiger partial charge in [0.25, 0.3) is 5.91 Å². The minimum absolute atomic E-state index is 0.0289. The highest BCUT2D eigenvalue weighted by atomic mass is 19.4. The maximum absolute atomic E-state index is 14.1. The molecule has 5 rings (SSSR count). The van der Waals surface area contributed by atoms with Crippen LogP contribution in [0.4, 0.5) is 23.4 Å². The first kappa shape index (κ1) is 27.8. The quantitative estimate of drug-likeness (QED) is 0.238. The van der Waals surface area contributed by atoms with E-state index in [-0.39, 0.29) is 59.6 Å². The van der Waals surface area contributed by atoms with Crippen molar-refractivity contribution in [1.29, 1.82) is 0 Å². The van der Waals surface area contributed by atoms with Crippen molar-refractivity contribution in [3.05, 3.63) is 83.4 Å². The topological polar surface area (TPSA) is 114 Å². The number of nitrogens with two attached hydrogens (primary N) is 1. The molecule has 3 N–H and O–H groups in total. The van der Waals surface area contributed by atoms with E-state index in [1.165, 1.54) is 60.6 Å². The number of anilines is 1. The van der Waals surface area contributed by atoms with Gasteiger partial charge >= 0.3 is 6.18 Å². The van der Waals surface area contributed by atoms with E-state index in [4.69, 9.17) is 10.2 Å². The highest BCUT2D eigenvalue weighted by Gasteiger charge is 2.37. The zero-order valence-corrected chi connectivity index (χ0v) is 21.8. The molecule has 1 aliphatic rings. The fourth-order valence-corrected chi connectivity index (χ4v) is 4.54. The number of nitrogens with zero attached hydrogens (tertiary/aromatic N) is 3. The second-order valence-electron chi connectivity index (χ2n) is 10.0. The van der Waals surface area contributed by atoms with Gasteiger partial charge in [-0.2, -0.15) is 13.2 Å². The number of amides is 2. The van der Waals surface area contributed by atoms with E-state index < -0.39 is 29.2 Å². The molecule has 8 nitrogen and oxygen atoms in total. The lowest BCUT2D eigenvalue weighted by Gasteiger charge is -2.17. The van der Waals surface area contributed by atoms with E-state index in [1.54, 1.807) is 12.1 Å². The van der Waals surface area contributed by atoms with Gasteiger partial charge < -0.3 is 20.4 Å². The third-order valence-electron chi connectivity index (χ3n) is 6.66. The number of aromatic nitrogens is 2. The van der Waals surface area contributed by atoms with Gasteiger partial charge in [0.2, 0.25) is 5.91 Å². The van der Waals surface area contributed by atoms with Gasteiger partial charge in [-0.05, 0) is 61.0 Å². The predicted molar refractivity (Wildman–Crippen MR) is 144 cm³/mol. The van der Waals surface area contributed by atoms with E-state index in [9.17, 15) is 27.2 Å². The molecule has 3 aromatic heterocycles. The number of furan rings is 1. The summed E-state index contributed by atoms with van der Waals surface area (Å²) in [5.41, 5.74) is 3.94. The first-order valence-corrected chi connectivity index (χ1v) is 12.6. The highest BCUT2D eigenvalue weighted by Crippen LogP contribution is 2.39. The normalized spacial score (nSPS) is 17.4. The number of pyridine rings is 2. The maximum Gasteiger partial charge on any atom is 0.420 e. The molecule has 41 heavy (non-hydrogen) atoms. The van der Waals surface area contributed by atoms with Crippen LogP contribution in [0.1, 0.15) is 40.6 Å². The highest BCUT2D eigenvalue weighted by molar-refractivity contribution is 5.95. The van der Waals surface area contributed by atoms with Gasteiger partial charge in [0, 0.05) is 42.4 Å². The molecular weight excluding hydrogens is 542 g/mol. The van der Waals surface area contributed by atoms with Crippen LogP contribution in [0, 0.1) is 0 Å². The van der Waals surface area contributed by atoms with E-state index in [0.29, 0.717) is 11.4 Å². The van der Waals surface area contributed by atoms with Gasteiger partial charge in [0.1, 0.15) is 22.8 Å². The Morgan fingerprint density at radius 2 is 1.95 bits per heavy atom. The first-order chi connectivity index (χ1) is 19.4. The van der Waals surface area contributed by atoms with Crippen LogP contribution < -0.4 is 11.1 Å². The number of halogens is 4. The molecule has 0 bridgehead atoms. The van der Waals surface area contributed by atoms with Crippen molar-refractivity contribution < 1.29 is 31.6 Å². The predicted octanol–water partition coefficient (Wildman–Crippen LogP) is 5.39. The number of benzene rings is 1. The van der Waals surface area contributed by atoms with Crippen molar-refractivity contribution in [2.75, 3.05) is 18.8 Å². The molecule has 1 atom stereocenters. The van der Waals surface area contributed by atoms with Crippen molar-refractivity contribution in [3.8, 4) is 11.3 Å². The van der Waals surface area contributed by atoms with Crippen molar-refractivity contribution in [2.45, 2.75) is 31.7 Å². The standard InChI is InChI=1S/C29H25F4N5O3/c1-28(30)8-9-38(16-28)27(40)18-4-5-23(35-14-18)19-10-20-11-21(41-26(20)22(12-19)29(31,32)33)15-37-25(39)7-3-17-2-6-24(34)36-13-17/h2-7,10-14H,8-9,15-16H2,1H3,(H2,34,36)(H,37,39)/b7-3+/t28-/m1/s1. The molecule has 1 fully saturated rings. The van der Waals surface area contributed by atoms with Crippen LogP contribution in [0.5, 0.6) is 0 Å². The number of carbonyl (C=O) groups is 2. The Bertz CT molecular complexity index is 1630. The molecule has 12 heteroatoms. The lowest BCUT2D eigenvalue weighted by atomic mass is 10.0. The van der Waals surface area contributed by atoms with E-state index in [1.807, 2.05) is 0 Å². The van der Waals surface area contributed by atoms with Gasteiger partial charge in [0.05, 0.1) is 29.9 Å². The van der Waals surface area contributed by atoms with Gasteiger partial charge in [0.15, 0.2) is 0 Å².